The molecule has 5 heteroatoms. The molecule has 1 fully saturated rings. The number of rotatable bonds is 6. The van der Waals surface area contributed by atoms with E-state index in [-0.39, 0.29) is 29.4 Å². The fraction of sp³-hybridized carbons (Fsp3) is 0.923. The standard InChI is InChI=1S/C13H27N3O.HI/c1-11(2)6-5-7-15-12(14-4)16-8-13(3)9-17-10-13;/h11H,5-10H2,1-4H3,(H2,14,15,16);1H. The number of nitrogens with zero attached hydrogens (tertiary/aromatic N) is 1. The van der Waals surface area contributed by atoms with Gasteiger partial charge in [0, 0.05) is 25.6 Å². The third-order valence-corrected chi connectivity index (χ3v) is 3.06. The lowest BCUT2D eigenvalue weighted by Crippen LogP contribution is -2.51. The second-order valence-corrected chi connectivity index (χ2v) is 5.69. The number of guanidine groups is 1. The molecule has 0 bridgehead atoms. The van der Waals surface area contributed by atoms with Crippen LogP contribution >= 0.6 is 24.0 Å². The van der Waals surface area contributed by atoms with Crippen LogP contribution in [-0.2, 0) is 4.74 Å². The molecule has 0 aliphatic carbocycles. The van der Waals surface area contributed by atoms with Crippen molar-refractivity contribution >= 4 is 29.9 Å². The van der Waals surface area contributed by atoms with Gasteiger partial charge >= 0.3 is 0 Å². The highest BCUT2D eigenvalue weighted by Crippen LogP contribution is 2.24. The summed E-state index contributed by atoms with van der Waals surface area (Å²) in [7, 11) is 1.82. The summed E-state index contributed by atoms with van der Waals surface area (Å²) in [5.74, 6) is 1.68. The number of aliphatic imine (C=N–C) groups is 1. The molecule has 18 heavy (non-hydrogen) atoms. The molecule has 1 heterocycles. The van der Waals surface area contributed by atoms with E-state index in [0.29, 0.717) is 0 Å². The van der Waals surface area contributed by atoms with Gasteiger partial charge < -0.3 is 15.4 Å². The van der Waals surface area contributed by atoms with Gasteiger partial charge in [-0.1, -0.05) is 20.8 Å². The van der Waals surface area contributed by atoms with Crippen LogP contribution in [0.1, 0.15) is 33.6 Å². The van der Waals surface area contributed by atoms with Gasteiger partial charge in [0.05, 0.1) is 13.2 Å². The average Bonchev–Trinajstić information content (AvgIpc) is 2.25. The first kappa shape index (κ1) is 18.0. The fourth-order valence-electron chi connectivity index (χ4n) is 1.79. The molecule has 0 aromatic carbocycles. The highest BCUT2D eigenvalue weighted by atomic mass is 127. The van der Waals surface area contributed by atoms with Crippen LogP contribution in [0.5, 0.6) is 0 Å². The largest absolute Gasteiger partial charge is 0.380 e. The molecule has 0 aromatic heterocycles. The van der Waals surface area contributed by atoms with Crippen molar-refractivity contribution in [1.29, 1.82) is 0 Å². The minimum atomic E-state index is 0. The van der Waals surface area contributed by atoms with Crippen molar-refractivity contribution in [3.05, 3.63) is 0 Å². The Morgan fingerprint density at radius 2 is 2.00 bits per heavy atom. The van der Waals surface area contributed by atoms with Crippen molar-refractivity contribution < 1.29 is 4.74 Å². The summed E-state index contributed by atoms with van der Waals surface area (Å²) in [5, 5.41) is 6.70. The molecular weight excluding hydrogens is 341 g/mol. The van der Waals surface area contributed by atoms with Crippen molar-refractivity contribution in [3.8, 4) is 0 Å². The van der Waals surface area contributed by atoms with E-state index in [4.69, 9.17) is 4.74 Å². The van der Waals surface area contributed by atoms with E-state index in [0.717, 1.165) is 38.2 Å². The molecule has 1 rings (SSSR count). The summed E-state index contributed by atoms with van der Waals surface area (Å²) >= 11 is 0. The van der Waals surface area contributed by atoms with Crippen LogP contribution in [0.25, 0.3) is 0 Å². The Morgan fingerprint density at radius 3 is 2.44 bits per heavy atom. The van der Waals surface area contributed by atoms with Crippen LogP contribution in [0.3, 0.4) is 0 Å². The van der Waals surface area contributed by atoms with Crippen molar-refractivity contribution in [2.75, 3.05) is 33.4 Å². The van der Waals surface area contributed by atoms with Crippen molar-refractivity contribution in [2.45, 2.75) is 33.6 Å². The molecule has 0 aromatic rings. The lowest BCUT2D eigenvalue weighted by atomic mass is 9.89. The highest BCUT2D eigenvalue weighted by Gasteiger charge is 2.33. The van der Waals surface area contributed by atoms with Gasteiger partial charge in [0.15, 0.2) is 5.96 Å². The monoisotopic (exact) mass is 369 g/mol. The molecule has 0 amide bonds. The predicted molar refractivity (Wildman–Crippen MR) is 87.8 cm³/mol. The quantitative estimate of drug-likeness (QED) is 0.327. The van der Waals surface area contributed by atoms with E-state index in [1.807, 2.05) is 7.05 Å². The molecule has 0 unspecified atom stereocenters. The average molecular weight is 369 g/mol. The van der Waals surface area contributed by atoms with E-state index < -0.39 is 0 Å². The van der Waals surface area contributed by atoms with Gasteiger partial charge in [-0.3, -0.25) is 4.99 Å². The lowest BCUT2D eigenvalue weighted by Gasteiger charge is -2.38. The maximum absolute atomic E-state index is 5.23. The van der Waals surface area contributed by atoms with Crippen molar-refractivity contribution in [2.24, 2.45) is 16.3 Å². The Balaban J connectivity index is 0.00000289. The minimum Gasteiger partial charge on any atom is -0.380 e. The first-order chi connectivity index (χ1) is 8.06. The summed E-state index contributed by atoms with van der Waals surface area (Å²) in [6.07, 6.45) is 2.45. The molecule has 0 atom stereocenters. The summed E-state index contributed by atoms with van der Waals surface area (Å²) in [4.78, 5) is 4.22. The first-order valence-corrected chi connectivity index (χ1v) is 6.58. The molecule has 4 nitrogen and oxygen atoms in total. The Labute approximate surface area is 128 Å². The predicted octanol–water partition coefficient (Wildman–Crippen LogP) is 2.24. The molecule has 0 spiro atoms. The normalized spacial score (nSPS) is 17.9. The van der Waals surface area contributed by atoms with Crippen LogP contribution in [0.2, 0.25) is 0 Å². The van der Waals surface area contributed by atoms with Crippen LogP contribution in [0.4, 0.5) is 0 Å². The van der Waals surface area contributed by atoms with Gasteiger partial charge in [0.25, 0.3) is 0 Å². The topological polar surface area (TPSA) is 45.7 Å². The van der Waals surface area contributed by atoms with E-state index in [2.05, 4.69) is 36.4 Å². The van der Waals surface area contributed by atoms with Gasteiger partial charge in [0.2, 0.25) is 0 Å². The zero-order chi connectivity index (χ0) is 12.7. The van der Waals surface area contributed by atoms with E-state index in [9.17, 15) is 0 Å². The van der Waals surface area contributed by atoms with E-state index in [1.54, 1.807) is 0 Å². The zero-order valence-electron chi connectivity index (χ0n) is 12.1. The number of halogens is 1. The van der Waals surface area contributed by atoms with E-state index >= 15 is 0 Å². The summed E-state index contributed by atoms with van der Waals surface area (Å²) < 4.78 is 5.23. The lowest BCUT2D eigenvalue weighted by molar-refractivity contribution is -0.0971. The van der Waals surface area contributed by atoms with Crippen LogP contribution in [0.15, 0.2) is 4.99 Å². The van der Waals surface area contributed by atoms with Crippen molar-refractivity contribution in [1.82, 2.24) is 10.6 Å². The maximum atomic E-state index is 5.23. The minimum absolute atomic E-state index is 0. The molecule has 108 valence electrons. The molecular formula is C13H28IN3O. The maximum Gasteiger partial charge on any atom is 0.190 e. The van der Waals surface area contributed by atoms with Crippen LogP contribution < -0.4 is 10.6 Å². The van der Waals surface area contributed by atoms with Gasteiger partial charge in [-0.15, -0.1) is 24.0 Å². The summed E-state index contributed by atoms with van der Waals surface area (Å²) in [5.41, 5.74) is 0.287. The zero-order valence-corrected chi connectivity index (χ0v) is 14.4. The van der Waals surface area contributed by atoms with Gasteiger partial charge in [-0.05, 0) is 18.8 Å². The second kappa shape index (κ2) is 8.96. The first-order valence-electron chi connectivity index (χ1n) is 6.58. The Bertz CT molecular complexity index is 253. The molecule has 2 N–H and O–H groups in total. The Hall–Kier alpha value is -0.0400. The number of hydrogen-bond acceptors (Lipinski definition) is 2. The molecule has 1 aliphatic heterocycles. The second-order valence-electron chi connectivity index (χ2n) is 5.69. The molecule has 0 saturated carbocycles. The van der Waals surface area contributed by atoms with E-state index in [1.165, 1.54) is 12.8 Å². The van der Waals surface area contributed by atoms with Gasteiger partial charge in [-0.25, -0.2) is 0 Å². The third kappa shape index (κ3) is 6.78. The molecule has 0 radical (unpaired) electrons. The third-order valence-electron chi connectivity index (χ3n) is 3.06. The molecule has 1 saturated heterocycles. The summed E-state index contributed by atoms with van der Waals surface area (Å²) in [6, 6.07) is 0. The van der Waals surface area contributed by atoms with Gasteiger partial charge in [0.1, 0.15) is 0 Å². The van der Waals surface area contributed by atoms with Crippen LogP contribution in [-0.4, -0.2) is 39.3 Å². The summed E-state index contributed by atoms with van der Waals surface area (Å²) in [6.45, 7) is 10.4. The number of ether oxygens (including phenoxy) is 1. The smallest absolute Gasteiger partial charge is 0.190 e. The molecule has 1 aliphatic rings. The Kier molecular flexibility index (Phi) is 8.94. The number of nitrogens with one attached hydrogen (secondary N) is 2. The highest BCUT2D eigenvalue weighted by molar-refractivity contribution is 14.0. The number of hydrogen-bond donors (Lipinski definition) is 2. The SMILES string of the molecule is CN=C(NCCCC(C)C)NCC1(C)COC1.I. The van der Waals surface area contributed by atoms with Crippen molar-refractivity contribution in [3.63, 3.8) is 0 Å². The Morgan fingerprint density at radius 1 is 1.33 bits per heavy atom. The van der Waals surface area contributed by atoms with Gasteiger partial charge in [-0.2, -0.15) is 0 Å². The fourth-order valence-corrected chi connectivity index (χ4v) is 1.79. The van der Waals surface area contributed by atoms with Crippen LogP contribution in [0, 0.1) is 11.3 Å².